The molecule has 4 aromatic rings. The summed E-state index contributed by atoms with van der Waals surface area (Å²) >= 11 is 7.48. The fraction of sp³-hybridized carbons (Fsp3) is 0.226. The summed E-state index contributed by atoms with van der Waals surface area (Å²) in [7, 11) is 0. The van der Waals surface area contributed by atoms with Gasteiger partial charge in [-0.2, -0.15) is 11.8 Å². The zero-order valence-corrected chi connectivity index (χ0v) is 23.3. The van der Waals surface area contributed by atoms with E-state index in [1.807, 2.05) is 86.0 Å². The molecule has 4 rings (SSSR count). The van der Waals surface area contributed by atoms with E-state index in [1.54, 1.807) is 6.07 Å². The lowest BCUT2D eigenvalue weighted by atomic mass is 9.93. The standard InChI is InChI=1S/C31H30ClNO5S/c1-20-5-3-4-6-25(20)27-17-21(7-13-26(27)30(34)33-28(31(35)36)15-16-39-2)18-37-19-24-12-14-29(38-24)22-8-10-23(32)11-9-22/h3-14,17,28H,15-16,18-19H2,1-2H3,(H,33,34)(H,35,36)/p-1/t28-/m0/s1. The number of benzene rings is 3. The Hall–Kier alpha value is -3.52. The SMILES string of the molecule is CSCC[C@H](NC(=O)c1ccc(COCc2ccc(-c3ccc(Cl)cc3)o2)cc1-c1ccccc1C)C(=O)[O-]. The largest absolute Gasteiger partial charge is 0.548 e. The van der Waals surface area contributed by atoms with Crippen LogP contribution in [0.15, 0.2) is 83.3 Å². The van der Waals surface area contributed by atoms with Crippen molar-refractivity contribution in [3.63, 3.8) is 0 Å². The molecule has 0 fully saturated rings. The van der Waals surface area contributed by atoms with E-state index in [9.17, 15) is 14.7 Å². The third-order valence-electron chi connectivity index (χ3n) is 6.27. The van der Waals surface area contributed by atoms with Crippen molar-refractivity contribution in [3.8, 4) is 22.5 Å². The van der Waals surface area contributed by atoms with E-state index >= 15 is 0 Å². The average molecular weight is 563 g/mol. The van der Waals surface area contributed by atoms with E-state index in [1.165, 1.54) is 11.8 Å². The van der Waals surface area contributed by atoms with Crippen molar-refractivity contribution < 1.29 is 23.8 Å². The Morgan fingerprint density at radius 1 is 1.00 bits per heavy atom. The molecule has 0 bridgehead atoms. The number of carbonyl (C=O) groups excluding carboxylic acids is 2. The van der Waals surface area contributed by atoms with Crippen molar-refractivity contribution in [2.75, 3.05) is 12.0 Å². The molecule has 1 aromatic heterocycles. The van der Waals surface area contributed by atoms with Crippen molar-refractivity contribution in [3.05, 3.63) is 106 Å². The first-order valence-corrected chi connectivity index (χ1v) is 14.2. The molecule has 1 N–H and O–H groups in total. The molecule has 8 heteroatoms. The van der Waals surface area contributed by atoms with E-state index in [2.05, 4.69) is 5.32 Å². The third kappa shape index (κ3) is 7.53. The van der Waals surface area contributed by atoms with Crippen molar-refractivity contribution in [1.82, 2.24) is 5.32 Å². The Balaban J connectivity index is 1.50. The third-order valence-corrected chi connectivity index (χ3v) is 7.16. The first-order chi connectivity index (χ1) is 18.9. The Kier molecular flexibility index (Phi) is 9.87. The molecule has 1 heterocycles. The first kappa shape index (κ1) is 28.5. The van der Waals surface area contributed by atoms with Gasteiger partial charge in [-0.25, -0.2) is 0 Å². The van der Waals surface area contributed by atoms with Gasteiger partial charge in [0.15, 0.2) is 0 Å². The van der Waals surface area contributed by atoms with Gasteiger partial charge in [-0.3, -0.25) is 4.79 Å². The number of carboxylic acids is 1. The number of aliphatic carboxylic acids is 1. The van der Waals surface area contributed by atoms with E-state index in [0.717, 1.165) is 28.0 Å². The van der Waals surface area contributed by atoms with Crippen LogP contribution in [0.2, 0.25) is 5.02 Å². The number of carboxylic acid groups (broad SMARTS) is 1. The zero-order valence-electron chi connectivity index (χ0n) is 21.7. The van der Waals surface area contributed by atoms with Crippen LogP contribution in [0.5, 0.6) is 0 Å². The van der Waals surface area contributed by atoms with Crippen LogP contribution in [0.3, 0.4) is 0 Å². The molecular weight excluding hydrogens is 534 g/mol. The molecule has 0 spiro atoms. The van der Waals surface area contributed by atoms with Crippen LogP contribution in [-0.2, 0) is 22.7 Å². The molecular formula is C31H29ClNO5S-. The molecule has 0 saturated carbocycles. The lowest BCUT2D eigenvalue weighted by molar-refractivity contribution is -0.308. The Morgan fingerprint density at radius 2 is 1.77 bits per heavy atom. The molecule has 0 unspecified atom stereocenters. The number of thioether (sulfide) groups is 1. The number of aryl methyl sites for hydroxylation is 1. The molecule has 3 aromatic carbocycles. The second-order valence-corrected chi connectivity index (χ2v) is 10.5. The smallest absolute Gasteiger partial charge is 0.252 e. The molecule has 0 aliphatic rings. The Labute approximate surface area is 237 Å². The number of hydrogen-bond donors (Lipinski definition) is 1. The predicted molar refractivity (Wildman–Crippen MR) is 154 cm³/mol. The molecule has 1 atom stereocenters. The van der Waals surface area contributed by atoms with Crippen LogP contribution in [-0.4, -0.2) is 29.9 Å². The van der Waals surface area contributed by atoms with Crippen molar-refractivity contribution in [1.29, 1.82) is 0 Å². The van der Waals surface area contributed by atoms with Gasteiger partial charge in [-0.05, 0) is 96.1 Å². The van der Waals surface area contributed by atoms with E-state index < -0.39 is 17.9 Å². The molecule has 39 heavy (non-hydrogen) atoms. The maximum absolute atomic E-state index is 13.2. The van der Waals surface area contributed by atoms with Crippen LogP contribution < -0.4 is 10.4 Å². The van der Waals surface area contributed by atoms with Gasteiger partial charge in [-0.15, -0.1) is 0 Å². The number of halogens is 1. The summed E-state index contributed by atoms with van der Waals surface area (Å²) in [6.07, 6.45) is 2.17. The Bertz CT molecular complexity index is 1430. The van der Waals surface area contributed by atoms with Crippen LogP contribution in [0.25, 0.3) is 22.5 Å². The van der Waals surface area contributed by atoms with Gasteiger partial charge in [0.05, 0.1) is 18.6 Å². The summed E-state index contributed by atoms with van der Waals surface area (Å²) in [5.41, 5.74) is 4.77. The molecule has 1 amide bonds. The van der Waals surface area contributed by atoms with Crippen LogP contribution >= 0.6 is 23.4 Å². The summed E-state index contributed by atoms with van der Waals surface area (Å²) in [4.78, 5) is 24.8. The van der Waals surface area contributed by atoms with Gasteiger partial charge < -0.3 is 24.4 Å². The van der Waals surface area contributed by atoms with E-state index in [0.29, 0.717) is 34.3 Å². The van der Waals surface area contributed by atoms with Gasteiger partial charge in [-0.1, -0.05) is 41.9 Å². The normalized spacial score (nSPS) is 11.8. The highest BCUT2D eigenvalue weighted by molar-refractivity contribution is 7.98. The monoisotopic (exact) mass is 562 g/mol. The minimum absolute atomic E-state index is 0.276. The van der Waals surface area contributed by atoms with Crippen LogP contribution in [0, 0.1) is 6.92 Å². The minimum atomic E-state index is -1.29. The summed E-state index contributed by atoms with van der Waals surface area (Å²) in [5.74, 6) is 0.262. The number of ether oxygens (including phenoxy) is 1. The zero-order chi connectivity index (χ0) is 27.8. The molecule has 6 nitrogen and oxygen atoms in total. The number of amides is 1. The second kappa shape index (κ2) is 13.5. The van der Waals surface area contributed by atoms with E-state index in [-0.39, 0.29) is 13.0 Å². The maximum atomic E-state index is 13.2. The number of nitrogens with one attached hydrogen (secondary N) is 1. The van der Waals surface area contributed by atoms with Gasteiger partial charge >= 0.3 is 0 Å². The number of rotatable bonds is 12. The quantitative estimate of drug-likeness (QED) is 0.231. The maximum Gasteiger partial charge on any atom is 0.252 e. The molecule has 0 aliphatic heterocycles. The summed E-state index contributed by atoms with van der Waals surface area (Å²) < 4.78 is 11.8. The highest BCUT2D eigenvalue weighted by atomic mass is 35.5. The predicted octanol–water partition coefficient (Wildman–Crippen LogP) is 5.89. The molecule has 202 valence electrons. The number of carbonyl (C=O) groups is 2. The second-order valence-electron chi connectivity index (χ2n) is 9.09. The van der Waals surface area contributed by atoms with Crippen LogP contribution in [0.4, 0.5) is 0 Å². The fourth-order valence-corrected chi connectivity index (χ4v) is 4.79. The fourth-order valence-electron chi connectivity index (χ4n) is 4.19. The first-order valence-electron chi connectivity index (χ1n) is 12.5. The summed E-state index contributed by atoms with van der Waals surface area (Å²) in [6.45, 7) is 2.54. The van der Waals surface area contributed by atoms with Crippen molar-refractivity contribution in [2.24, 2.45) is 0 Å². The minimum Gasteiger partial charge on any atom is -0.548 e. The van der Waals surface area contributed by atoms with Gasteiger partial charge in [0, 0.05) is 16.1 Å². The van der Waals surface area contributed by atoms with Crippen LogP contribution in [0.1, 0.15) is 33.7 Å². The summed E-state index contributed by atoms with van der Waals surface area (Å²) in [5, 5.41) is 14.9. The Morgan fingerprint density at radius 3 is 2.49 bits per heavy atom. The van der Waals surface area contributed by atoms with Gasteiger partial charge in [0.1, 0.15) is 18.1 Å². The highest BCUT2D eigenvalue weighted by Gasteiger charge is 2.19. The van der Waals surface area contributed by atoms with Gasteiger partial charge in [0.25, 0.3) is 5.91 Å². The highest BCUT2D eigenvalue weighted by Crippen LogP contribution is 2.29. The van der Waals surface area contributed by atoms with E-state index in [4.69, 9.17) is 20.8 Å². The molecule has 0 radical (unpaired) electrons. The number of hydrogen-bond acceptors (Lipinski definition) is 6. The molecule has 0 saturated heterocycles. The van der Waals surface area contributed by atoms with Gasteiger partial charge in [0.2, 0.25) is 0 Å². The van der Waals surface area contributed by atoms with Crippen molar-refractivity contribution >= 4 is 35.2 Å². The topological polar surface area (TPSA) is 91.6 Å². The average Bonchev–Trinajstić information content (AvgIpc) is 3.40. The van der Waals surface area contributed by atoms with Crippen molar-refractivity contribution in [2.45, 2.75) is 32.6 Å². The number of furan rings is 1. The lowest BCUT2D eigenvalue weighted by Crippen LogP contribution is -2.48. The summed E-state index contributed by atoms with van der Waals surface area (Å²) in [6, 6.07) is 23.3. The molecule has 0 aliphatic carbocycles. The lowest BCUT2D eigenvalue weighted by Gasteiger charge is -2.21.